The Kier molecular flexibility index (Phi) is 18.6. The van der Waals surface area contributed by atoms with Crippen LogP contribution in [-0.4, -0.2) is 64.5 Å². The van der Waals surface area contributed by atoms with Crippen LogP contribution in [0, 0.1) is 0 Å². The third-order valence-corrected chi connectivity index (χ3v) is 18.4. The molecule has 0 aromatic carbocycles. The zero-order valence-electron chi connectivity index (χ0n) is 31.3. The van der Waals surface area contributed by atoms with Crippen LogP contribution in [0.2, 0.25) is 0 Å². The number of hydrogen-bond donors (Lipinski definition) is 0. The molecule has 8 nitrogen and oxygen atoms in total. The topological polar surface area (TPSA) is 103 Å². The van der Waals surface area contributed by atoms with Crippen molar-refractivity contribution in [2.75, 3.05) is 24.6 Å². The zero-order chi connectivity index (χ0) is 40.0. The van der Waals surface area contributed by atoms with Crippen LogP contribution >= 0.6 is 40.9 Å². The van der Waals surface area contributed by atoms with Gasteiger partial charge < -0.3 is 0 Å². The number of aromatic nitrogens is 8. The molecule has 0 aliphatic rings. The van der Waals surface area contributed by atoms with E-state index >= 15 is 0 Å². The summed E-state index contributed by atoms with van der Waals surface area (Å²) < 4.78 is 0. The Labute approximate surface area is 361 Å². The summed E-state index contributed by atoms with van der Waals surface area (Å²) in [6, 6.07) is 49.1. The predicted octanol–water partition coefficient (Wildman–Crippen LogP) is 6.35. The molecule has 0 saturated heterocycles. The van der Waals surface area contributed by atoms with Gasteiger partial charge in [-0.15, -0.1) is 0 Å². The van der Waals surface area contributed by atoms with E-state index in [2.05, 4.69) is 146 Å². The van der Waals surface area contributed by atoms with Gasteiger partial charge in [-0.3, -0.25) is 39.9 Å². The fourth-order valence-electron chi connectivity index (χ4n) is 5.89. The SMILES string of the molecule is [Cl][Au].c1ccc(P(CCP(c2ccccn2)c2ccccn2)c2ccccn2)nc1.c1ccc(P(CCP(c2ccccn2)c2ccccn2)c2ccccn2)nc1. The van der Waals surface area contributed by atoms with E-state index in [-0.39, 0.29) is 0 Å². The maximum atomic E-state index is 4.64. The molecule has 0 aliphatic carbocycles. The molecule has 0 atom stereocenters. The first-order valence-electron chi connectivity index (χ1n) is 18.3. The maximum absolute atomic E-state index is 4.64. The Balaban J connectivity index is 0.000000188. The number of hydrogen-bond acceptors (Lipinski definition) is 8. The van der Waals surface area contributed by atoms with Crippen molar-refractivity contribution in [1.82, 2.24) is 39.9 Å². The monoisotopic (exact) mass is 1040 g/mol. The van der Waals surface area contributed by atoms with Crippen LogP contribution < -0.4 is 43.5 Å². The number of rotatable bonds is 14. The van der Waals surface area contributed by atoms with Gasteiger partial charge in [0.2, 0.25) is 0 Å². The van der Waals surface area contributed by atoms with Gasteiger partial charge in [0, 0.05) is 49.6 Å². The molecule has 8 heterocycles. The van der Waals surface area contributed by atoms with Crippen LogP contribution in [0.4, 0.5) is 0 Å². The van der Waals surface area contributed by atoms with E-state index in [0.717, 1.165) is 68.1 Å². The van der Waals surface area contributed by atoms with E-state index in [4.69, 9.17) is 0 Å². The minimum absolute atomic E-state index is 0.626. The second-order valence-electron chi connectivity index (χ2n) is 12.1. The van der Waals surface area contributed by atoms with Gasteiger partial charge in [-0.05, 0) is 153 Å². The first kappa shape index (κ1) is 43.5. The summed E-state index contributed by atoms with van der Waals surface area (Å²) in [6.45, 7) is 0. The Morgan fingerprint density at radius 2 is 0.397 bits per heavy atom. The number of nitrogens with zero attached hydrogens (tertiary/aromatic N) is 8. The van der Waals surface area contributed by atoms with Crippen molar-refractivity contribution in [2.45, 2.75) is 0 Å². The van der Waals surface area contributed by atoms with Crippen molar-refractivity contribution in [1.29, 1.82) is 0 Å². The van der Waals surface area contributed by atoms with Crippen molar-refractivity contribution in [3.05, 3.63) is 195 Å². The van der Waals surface area contributed by atoms with Crippen molar-refractivity contribution >= 4 is 84.4 Å². The average Bonchev–Trinajstić information content (AvgIpc) is 3.32. The van der Waals surface area contributed by atoms with Gasteiger partial charge in [0.25, 0.3) is 0 Å². The second-order valence-corrected chi connectivity index (χ2v) is 21.0. The summed E-state index contributed by atoms with van der Waals surface area (Å²) >= 11 is 1.75. The van der Waals surface area contributed by atoms with Crippen LogP contribution in [0.1, 0.15) is 0 Å². The van der Waals surface area contributed by atoms with Crippen LogP contribution in [0.5, 0.6) is 0 Å². The molecule has 8 aromatic heterocycles. The number of pyridine rings is 8. The van der Waals surface area contributed by atoms with Gasteiger partial charge in [0.15, 0.2) is 0 Å². The third-order valence-electron chi connectivity index (χ3n) is 8.50. The molecule has 0 aliphatic heterocycles. The fraction of sp³-hybridized carbons (Fsp3) is 0.0909. The summed E-state index contributed by atoms with van der Waals surface area (Å²) in [7, 11) is 2.08. The molecule has 0 unspecified atom stereocenters. The smallest absolute Gasteiger partial charge is 0.0692 e. The molecule has 294 valence electrons. The largest absolute Gasteiger partial charge is 0.256 e. The van der Waals surface area contributed by atoms with Crippen molar-refractivity contribution in [3.8, 4) is 0 Å². The summed E-state index contributed by atoms with van der Waals surface area (Å²) in [6.07, 6.45) is 19.0. The molecule has 14 heteroatoms. The van der Waals surface area contributed by atoms with Gasteiger partial charge in [-0.25, -0.2) is 0 Å². The second kappa shape index (κ2) is 24.8. The number of halogens is 1. The molecule has 0 amide bonds. The summed E-state index contributed by atoms with van der Waals surface area (Å²) in [4.78, 5) is 37.1. The van der Waals surface area contributed by atoms with Gasteiger partial charge in [0.1, 0.15) is 0 Å². The van der Waals surface area contributed by atoms with Crippen molar-refractivity contribution in [2.24, 2.45) is 0 Å². The minimum atomic E-state index is -0.626. The normalized spacial score (nSPS) is 10.8. The first-order valence-corrected chi connectivity index (χ1v) is 27.1. The van der Waals surface area contributed by atoms with E-state index < -0.39 is 31.7 Å². The third kappa shape index (κ3) is 13.0. The van der Waals surface area contributed by atoms with E-state index in [0.29, 0.717) is 0 Å². The van der Waals surface area contributed by atoms with Crippen LogP contribution in [0.3, 0.4) is 0 Å². The van der Waals surface area contributed by atoms with Gasteiger partial charge in [0.05, 0.1) is 43.5 Å². The standard InChI is InChI=1S/2C22H20N4P2.Au.ClH/c2*1-5-13-23-19(9-1)27(20-10-2-6-14-24-20)17-18-28(21-11-3-7-15-25-21)22-12-4-8-16-26-22;;/h2*1-16H,17-18H2;;1H/q;;+1;/p-1. The van der Waals surface area contributed by atoms with Gasteiger partial charge >= 0.3 is 29.2 Å². The van der Waals surface area contributed by atoms with Crippen LogP contribution in [0.25, 0.3) is 0 Å². The summed E-state index contributed by atoms with van der Waals surface area (Å²) in [5.41, 5.74) is 8.95. The molecular formula is C44H40AuClN8P4. The molecule has 0 radical (unpaired) electrons. The zero-order valence-corrected chi connectivity index (χ0v) is 37.8. The van der Waals surface area contributed by atoms with Crippen LogP contribution in [0.15, 0.2) is 195 Å². The van der Waals surface area contributed by atoms with Gasteiger partial charge in [-0.2, -0.15) is 0 Å². The quantitative estimate of drug-likeness (QED) is 0.0919. The molecule has 0 N–H and O–H groups in total. The van der Waals surface area contributed by atoms with Crippen molar-refractivity contribution in [3.63, 3.8) is 0 Å². The molecule has 58 heavy (non-hydrogen) atoms. The fourth-order valence-corrected chi connectivity index (χ4v) is 15.6. The molecule has 8 aromatic rings. The Hall–Kier alpha value is -4.05. The first-order chi connectivity index (χ1) is 28.8. The maximum Gasteiger partial charge on any atom is 0.0692 e. The molecule has 0 spiro atoms. The van der Waals surface area contributed by atoms with Gasteiger partial charge in [-0.1, -0.05) is 48.5 Å². The summed E-state index contributed by atoms with van der Waals surface area (Å²) in [5.74, 6) is 0. The average molecular weight is 1040 g/mol. The predicted molar refractivity (Wildman–Crippen MR) is 244 cm³/mol. The molecule has 8 rings (SSSR count). The molecule has 0 fully saturated rings. The Morgan fingerprint density at radius 1 is 0.259 bits per heavy atom. The Morgan fingerprint density at radius 3 is 0.500 bits per heavy atom. The summed E-state index contributed by atoms with van der Waals surface area (Å²) in [5, 5.41) is 0. The van der Waals surface area contributed by atoms with Crippen molar-refractivity contribution < 1.29 is 20.0 Å². The van der Waals surface area contributed by atoms with E-state index in [1.165, 1.54) is 0 Å². The molecule has 0 bridgehead atoms. The van der Waals surface area contributed by atoms with E-state index in [1.807, 2.05) is 98.1 Å². The van der Waals surface area contributed by atoms with E-state index in [1.54, 1.807) is 20.0 Å². The van der Waals surface area contributed by atoms with Crippen LogP contribution in [-0.2, 0) is 20.0 Å². The molecule has 0 saturated carbocycles. The van der Waals surface area contributed by atoms with E-state index in [9.17, 15) is 0 Å². The Bertz CT molecular complexity index is 1800. The molecular weight excluding hydrogens is 997 g/mol. The minimum Gasteiger partial charge on any atom is -0.256 e.